The summed E-state index contributed by atoms with van der Waals surface area (Å²) in [5.74, 6) is 0.402. The molecule has 0 atom stereocenters. The van der Waals surface area contributed by atoms with Crippen LogP contribution in [0.15, 0.2) is 24.3 Å². The molecule has 0 unspecified atom stereocenters. The Morgan fingerprint density at radius 1 is 1.20 bits per heavy atom. The van der Waals surface area contributed by atoms with E-state index in [0.717, 1.165) is 0 Å². The van der Waals surface area contributed by atoms with Crippen molar-refractivity contribution in [3.63, 3.8) is 0 Å². The SMILES string of the molecule is Fc1ccc(OCCC2OCCO2)cc1. The molecular weight excluding hydrogens is 199 g/mol. The summed E-state index contributed by atoms with van der Waals surface area (Å²) in [6.07, 6.45) is 0.544. The summed E-state index contributed by atoms with van der Waals surface area (Å²) in [5, 5.41) is 0. The number of hydrogen-bond acceptors (Lipinski definition) is 3. The van der Waals surface area contributed by atoms with Crippen LogP contribution in [0.1, 0.15) is 6.42 Å². The van der Waals surface area contributed by atoms with Crippen molar-refractivity contribution in [3.8, 4) is 5.75 Å². The Balaban J connectivity index is 1.71. The van der Waals surface area contributed by atoms with Crippen molar-refractivity contribution in [3.05, 3.63) is 30.1 Å². The van der Waals surface area contributed by atoms with E-state index in [9.17, 15) is 4.39 Å². The van der Waals surface area contributed by atoms with Crippen molar-refractivity contribution < 1.29 is 18.6 Å². The number of benzene rings is 1. The van der Waals surface area contributed by atoms with Crippen LogP contribution in [-0.4, -0.2) is 26.1 Å². The van der Waals surface area contributed by atoms with Gasteiger partial charge >= 0.3 is 0 Å². The van der Waals surface area contributed by atoms with E-state index in [4.69, 9.17) is 14.2 Å². The van der Waals surface area contributed by atoms with E-state index < -0.39 is 0 Å². The molecule has 1 fully saturated rings. The van der Waals surface area contributed by atoms with Crippen LogP contribution in [0.25, 0.3) is 0 Å². The van der Waals surface area contributed by atoms with E-state index in [1.165, 1.54) is 12.1 Å². The predicted octanol–water partition coefficient (Wildman–Crippen LogP) is 1.97. The quantitative estimate of drug-likeness (QED) is 0.763. The lowest BCUT2D eigenvalue weighted by molar-refractivity contribution is -0.0531. The Labute approximate surface area is 87.8 Å². The van der Waals surface area contributed by atoms with Gasteiger partial charge in [-0.15, -0.1) is 0 Å². The van der Waals surface area contributed by atoms with Gasteiger partial charge in [0, 0.05) is 6.42 Å². The Bertz CT molecular complexity index is 293. The van der Waals surface area contributed by atoms with Crippen molar-refractivity contribution in [2.45, 2.75) is 12.7 Å². The third-order valence-electron chi connectivity index (χ3n) is 2.13. The molecule has 0 aliphatic carbocycles. The molecule has 4 heteroatoms. The summed E-state index contributed by atoms with van der Waals surface area (Å²) in [7, 11) is 0. The summed E-state index contributed by atoms with van der Waals surface area (Å²) in [6, 6.07) is 5.95. The second-order valence-corrected chi connectivity index (χ2v) is 3.26. The van der Waals surface area contributed by atoms with Crippen LogP contribution in [0.2, 0.25) is 0 Å². The van der Waals surface area contributed by atoms with Crippen LogP contribution < -0.4 is 4.74 Å². The van der Waals surface area contributed by atoms with Gasteiger partial charge in [-0.2, -0.15) is 0 Å². The van der Waals surface area contributed by atoms with Crippen molar-refractivity contribution >= 4 is 0 Å². The predicted molar refractivity (Wildman–Crippen MR) is 52.2 cm³/mol. The van der Waals surface area contributed by atoms with E-state index in [1.807, 2.05) is 0 Å². The molecule has 0 saturated carbocycles. The highest BCUT2D eigenvalue weighted by Crippen LogP contribution is 2.13. The van der Waals surface area contributed by atoms with Gasteiger partial charge in [0.2, 0.25) is 0 Å². The van der Waals surface area contributed by atoms with Crippen molar-refractivity contribution in [1.29, 1.82) is 0 Å². The zero-order chi connectivity index (χ0) is 10.5. The molecule has 0 radical (unpaired) electrons. The van der Waals surface area contributed by atoms with Crippen LogP contribution in [0.3, 0.4) is 0 Å². The van der Waals surface area contributed by atoms with E-state index >= 15 is 0 Å². The molecule has 2 rings (SSSR count). The Morgan fingerprint density at radius 2 is 1.87 bits per heavy atom. The van der Waals surface area contributed by atoms with Gasteiger partial charge in [-0.05, 0) is 24.3 Å². The minimum absolute atomic E-state index is 0.148. The summed E-state index contributed by atoms with van der Waals surface area (Å²) >= 11 is 0. The summed E-state index contributed by atoms with van der Waals surface area (Å²) < 4.78 is 28.5. The van der Waals surface area contributed by atoms with Gasteiger partial charge in [0.25, 0.3) is 0 Å². The fraction of sp³-hybridized carbons (Fsp3) is 0.455. The molecule has 1 saturated heterocycles. The Morgan fingerprint density at radius 3 is 2.53 bits per heavy atom. The molecular formula is C11H13FO3. The summed E-state index contributed by atoms with van der Waals surface area (Å²) in [5.41, 5.74) is 0. The van der Waals surface area contributed by atoms with Crippen LogP contribution >= 0.6 is 0 Å². The molecule has 0 bridgehead atoms. The molecule has 15 heavy (non-hydrogen) atoms. The molecule has 1 heterocycles. The lowest BCUT2D eigenvalue weighted by atomic mass is 10.3. The molecule has 1 aliphatic heterocycles. The third-order valence-corrected chi connectivity index (χ3v) is 2.13. The average molecular weight is 212 g/mol. The molecule has 1 aliphatic rings. The first kappa shape index (κ1) is 10.4. The number of halogens is 1. The number of ether oxygens (including phenoxy) is 3. The van der Waals surface area contributed by atoms with Gasteiger partial charge in [0.05, 0.1) is 19.8 Å². The maximum atomic E-state index is 12.6. The zero-order valence-electron chi connectivity index (χ0n) is 8.32. The van der Waals surface area contributed by atoms with Crippen molar-refractivity contribution in [1.82, 2.24) is 0 Å². The van der Waals surface area contributed by atoms with Gasteiger partial charge in [-0.25, -0.2) is 4.39 Å². The maximum absolute atomic E-state index is 12.6. The van der Waals surface area contributed by atoms with E-state index in [-0.39, 0.29) is 12.1 Å². The van der Waals surface area contributed by atoms with Gasteiger partial charge in [0.15, 0.2) is 6.29 Å². The second-order valence-electron chi connectivity index (χ2n) is 3.26. The first-order valence-corrected chi connectivity index (χ1v) is 4.96. The third kappa shape index (κ3) is 3.18. The Kier molecular flexibility index (Phi) is 3.53. The second kappa shape index (κ2) is 5.09. The molecule has 82 valence electrons. The highest BCUT2D eigenvalue weighted by atomic mass is 19.1. The maximum Gasteiger partial charge on any atom is 0.161 e. The molecule has 0 amide bonds. The van der Waals surface area contributed by atoms with Crippen LogP contribution in [-0.2, 0) is 9.47 Å². The average Bonchev–Trinajstić information content (AvgIpc) is 2.74. The molecule has 3 nitrogen and oxygen atoms in total. The largest absolute Gasteiger partial charge is 0.493 e. The molecule has 0 spiro atoms. The van der Waals surface area contributed by atoms with Gasteiger partial charge < -0.3 is 14.2 Å². The minimum Gasteiger partial charge on any atom is -0.493 e. The Hall–Kier alpha value is -1.13. The molecule has 0 aromatic heterocycles. The lowest BCUT2D eigenvalue weighted by Crippen LogP contribution is -2.12. The van der Waals surface area contributed by atoms with Crippen LogP contribution in [0, 0.1) is 5.82 Å². The van der Waals surface area contributed by atoms with Gasteiger partial charge in [-0.1, -0.05) is 0 Å². The van der Waals surface area contributed by atoms with Crippen LogP contribution in [0.5, 0.6) is 5.75 Å². The highest BCUT2D eigenvalue weighted by molar-refractivity contribution is 5.21. The fourth-order valence-corrected chi connectivity index (χ4v) is 1.38. The zero-order valence-corrected chi connectivity index (χ0v) is 8.32. The van der Waals surface area contributed by atoms with Gasteiger partial charge in [-0.3, -0.25) is 0 Å². The fourth-order valence-electron chi connectivity index (χ4n) is 1.38. The van der Waals surface area contributed by atoms with Gasteiger partial charge in [0.1, 0.15) is 11.6 Å². The minimum atomic E-state index is -0.259. The number of rotatable bonds is 4. The highest BCUT2D eigenvalue weighted by Gasteiger charge is 2.15. The standard InChI is InChI=1S/C11H13FO3/c12-9-1-3-10(4-2-9)13-6-5-11-14-7-8-15-11/h1-4,11H,5-8H2. The first-order valence-electron chi connectivity index (χ1n) is 4.96. The molecule has 1 aromatic carbocycles. The molecule has 1 aromatic rings. The normalized spacial score (nSPS) is 16.9. The van der Waals surface area contributed by atoms with Crippen molar-refractivity contribution in [2.75, 3.05) is 19.8 Å². The monoisotopic (exact) mass is 212 g/mol. The topological polar surface area (TPSA) is 27.7 Å². The summed E-state index contributed by atoms with van der Waals surface area (Å²) in [6.45, 7) is 1.82. The van der Waals surface area contributed by atoms with E-state index in [1.54, 1.807) is 12.1 Å². The van der Waals surface area contributed by atoms with E-state index in [0.29, 0.717) is 32.0 Å². The van der Waals surface area contributed by atoms with Crippen molar-refractivity contribution in [2.24, 2.45) is 0 Å². The summed E-state index contributed by atoms with van der Waals surface area (Å²) in [4.78, 5) is 0. The number of hydrogen-bond donors (Lipinski definition) is 0. The first-order chi connectivity index (χ1) is 7.34. The molecule has 0 N–H and O–H groups in total. The lowest BCUT2D eigenvalue weighted by Gasteiger charge is -2.10. The smallest absolute Gasteiger partial charge is 0.161 e. The van der Waals surface area contributed by atoms with Crippen LogP contribution in [0.4, 0.5) is 4.39 Å². The van der Waals surface area contributed by atoms with E-state index in [2.05, 4.69) is 0 Å².